The number of benzene rings is 1. The van der Waals surface area contributed by atoms with Crippen molar-refractivity contribution in [3.8, 4) is 0 Å². The maximum Gasteiger partial charge on any atom is 0.337 e. The van der Waals surface area contributed by atoms with Gasteiger partial charge in [0.2, 0.25) is 0 Å². The van der Waals surface area contributed by atoms with Crippen LogP contribution in [0.3, 0.4) is 0 Å². The van der Waals surface area contributed by atoms with E-state index in [4.69, 9.17) is 0 Å². The molecule has 0 aromatic heterocycles. The monoisotopic (exact) mass is 249 g/mol. The van der Waals surface area contributed by atoms with Crippen LogP contribution in [0.2, 0.25) is 0 Å². The van der Waals surface area contributed by atoms with Gasteiger partial charge in [-0.05, 0) is 37.1 Å². The van der Waals surface area contributed by atoms with Crippen molar-refractivity contribution in [2.75, 3.05) is 7.11 Å². The van der Waals surface area contributed by atoms with Crippen molar-refractivity contribution >= 4 is 11.9 Å². The minimum absolute atomic E-state index is 0.111. The van der Waals surface area contributed by atoms with Crippen molar-refractivity contribution in [2.24, 2.45) is 0 Å². The maximum absolute atomic E-state index is 11.9. The Morgan fingerprint density at radius 1 is 1.11 bits per heavy atom. The Bertz CT molecular complexity index is 408. The summed E-state index contributed by atoms with van der Waals surface area (Å²) in [6.07, 6.45) is 1.81. The lowest BCUT2D eigenvalue weighted by Gasteiger charge is -2.14. The molecule has 1 aromatic rings. The molecule has 0 saturated heterocycles. The summed E-state index contributed by atoms with van der Waals surface area (Å²) < 4.78 is 4.60. The molecule has 0 radical (unpaired) electrons. The minimum Gasteiger partial charge on any atom is -0.465 e. The Labute approximate surface area is 107 Å². The zero-order chi connectivity index (χ0) is 13.5. The van der Waals surface area contributed by atoms with Gasteiger partial charge >= 0.3 is 5.97 Å². The van der Waals surface area contributed by atoms with E-state index in [1.54, 1.807) is 24.3 Å². The fourth-order valence-corrected chi connectivity index (χ4v) is 1.64. The van der Waals surface area contributed by atoms with Gasteiger partial charge in [0.05, 0.1) is 12.7 Å². The van der Waals surface area contributed by atoms with Crippen LogP contribution in [0.4, 0.5) is 0 Å². The van der Waals surface area contributed by atoms with E-state index in [-0.39, 0.29) is 11.9 Å². The molecule has 0 unspecified atom stereocenters. The number of amides is 1. The molecule has 4 nitrogen and oxygen atoms in total. The second kappa shape index (κ2) is 6.79. The number of rotatable bonds is 5. The summed E-state index contributed by atoms with van der Waals surface area (Å²) in [6, 6.07) is 6.63. The lowest BCUT2D eigenvalue weighted by atomic mass is 10.1. The van der Waals surface area contributed by atoms with Crippen molar-refractivity contribution in [1.29, 1.82) is 0 Å². The van der Waals surface area contributed by atoms with Gasteiger partial charge in [0.15, 0.2) is 0 Å². The summed E-state index contributed by atoms with van der Waals surface area (Å²) >= 11 is 0. The van der Waals surface area contributed by atoms with Crippen LogP contribution in [-0.4, -0.2) is 25.0 Å². The van der Waals surface area contributed by atoms with E-state index >= 15 is 0 Å². The predicted molar refractivity (Wildman–Crippen MR) is 69.6 cm³/mol. The molecule has 0 saturated carbocycles. The number of esters is 1. The first-order valence-electron chi connectivity index (χ1n) is 6.11. The van der Waals surface area contributed by atoms with Gasteiger partial charge in [-0.3, -0.25) is 4.79 Å². The third-order valence-electron chi connectivity index (χ3n) is 2.89. The van der Waals surface area contributed by atoms with Crippen molar-refractivity contribution < 1.29 is 14.3 Å². The molecule has 0 fully saturated rings. The van der Waals surface area contributed by atoms with E-state index in [1.807, 2.05) is 13.8 Å². The molecule has 1 amide bonds. The summed E-state index contributed by atoms with van der Waals surface area (Å²) in [6.45, 7) is 4.07. The van der Waals surface area contributed by atoms with Gasteiger partial charge in [-0.25, -0.2) is 4.79 Å². The molecular formula is C14H19NO3. The van der Waals surface area contributed by atoms with E-state index in [0.717, 1.165) is 12.8 Å². The van der Waals surface area contributed by atoms with E-state index in [1.165, 1.54) is 7.11 Å². The van der Waals surface area contributed by atoms with Gasteiger partial charge in [0.25, 0.3) is 5.91 Å². The molecule has 0 aliphatic rings. The summed E-state index contributed by atoms with van der Waals surface area (Å²) in [5.74, 6) is -0.512. The van der Waals surface area contributed by atoms with E-state index in [2.05, 4.69) is 10.1 Å². The maximum atomic E-state index is 11.9. The van der Waals surface area contributed by atoms with Crippen LogP contribution in [-0.2, 0) is 4.74 Å². The van der Waals surface area contributed by atoms with E-state index < -0.39 is 5.97 Å². The minimum atomic E-state index is -0.401. The smallest absolute Gasteiger partial charge is 0.337 e. The predicted octanol–water partition coefficient (Wildman–Crippen LogP) is 2.39. The molecule has 0 bridgehead atoms. The fourth-order valence-electron chi connectivity index (χ4n) is 1.64. The van der Waals surface area contributed by atoms with Crippen LogP contribution in [0, 0.1) is 0 Å². The number of hydrogen-bond acceptors (Lipinski definition) is 3. The molecule has 0 aliphatic carbocycles. The van der Waals surface area contributed by atoms with Crippen molar-refractivity contribution in [3.05, 3.63) is 35.4 Å². The molecule has 0 spiro atoms. The Morgan fingerprint density at radius 2 is 1.61 bits per heavy atom. The average molecular weight is 249 g/mol. The topological polar surface area (TPSA) is 55.4 Å². The van der Waals surface area contributed by atoms with Gasteiger partial charge in [-0.1, -0.05) is 13.8 Å². The first-order chi connectivity index (χ1) is 8.62. The second-order valence-corrected chi connectivity index (χ2v) is 4.06. The van der Waals surface area contributed by atoms with Gasteiger partial charge in [0.1, 0.15) is 0 Å². The van der Waals surface area contributed by atoms with Crippen LogP contribution in [0.15, 0.2) is 24.3 Å². The number of hydrogen-bond donors (Lipinski definition) is 1. The molecule has 1 rings (SSSR count). The van der Waals surface area contributed by atoms with Gasteiger partial charge in [-0.15, -0.1) is 0 Å². The van der Waals surface area contributed by atoms with Crippen LogP contribution >= 0.6 is 0 Å². The summed E-state index contributed by atoms with van der Waals surface area (Å²) in [5, 5.41) is 2.94. The Balaban J connectivity index is 2.73. The number of carbonyl (C=O) groups is 2. The highest BCUT2D eigenvalue weighted by Gasteiger charge is 2.11. The molecular weight excluding hydrogens is 230 g/mol. The molecule has 18 heavy (non-hydrogen) atoms. The first kappa shape index (κ1) is 14.2. The van der Waals surface area contributed by atoms with Gasteiger partial charge in [-0.2, -0.15) is 0 Å². The lowest BCUT2D eigenvalue weighted by molar-refractivity contribution is 0.0600. The third kappa shape index (κ3) is 3.58. The molecule has 1 N–H and O–H groups in total. The Hall–Kier alpha value is -1.84. The highest BCUT2D eigenvalue weighted by Crippen LogP contribution is 2.07. The van der Waals surface area contributed by atoms with Crippen molar-refractivity contribution in [2.45, 2.75) is 32.7 Å². The highest BCUT2D eigenvalue weighted by molar-refractivity contribution is 5.96. The summed E-state index contributed by atoms with van der Waals surface area (Å²) in [5.41, 5.74) is 0.992. The second-order valence-electron chi connectivity index (χ2n) is 4.06. The highest BCUT2D eigenvalue weighted by atomic mass is 16.5. The number of nitrogens with one attached hydrogen (secondary N) is 1. The molecule has 0 heterocycles. The van der Waals surface area contributed by atoms with Crippen molar-refractivity contribution in [1.82, 2.24) is 5.32 Å². The third-order valence-corrected chi connectivity index (χ3v) is 2.89. The largest absolute Gasteiger partial charge is 0.465 e. The van der Waals surface area contributed by atoms with Crippen LogP contribution in [0.5, 0.6) is 0 Å². The molecule has 0 atom stereocenters. The first-order valence-corrected chi connectivity index (χ1v) is 6.11. The van der Waals surface area contributed by atoms with Crippen molar-refractivity contribution in [3.63, 3.8) is 0 Å². The zero-order valence-corrected chi connectivity index (χ0v) is 11.0. The summed E-state index contributed by atoms with van der Waals surface area (Å²) in [7, 11) is 1.33. The zero-order valence-electron chi connectivity index (χ0n) is 11.0. The number of carbonyl (C=O) groups excluding carboxylic acids is 2. The van der Waals surface area contributed by atoms with E-state index in [9.17, 15) is 9.59 Å². The summed E-state index contributed by atoms with van der Waals surface area (Å²) in [4.78, 5) is 23.1. The fraction of sp³-hybridized carbons (Fsp3) is 0.429. The van der Waals surface area contributed by atoms with Crippen LogP contribution in [0.1, 0.15) is 47.4 Å². The lowest BCUT2D eigenvalue weighted by Crippen LogP contribution is -2.33. The SMILES string of the molecule is CCC(CC)NC(=O)c1ccc(C(=O)OC)cc1. The van der Waals surface area contributed by atoms with E-state index in [0.29, 0.717) is 11.1 Å². The average Bonchev–Trinajstić information content (AvgIpc) is 2.43. The van der Waals surface area contributed by atoms with Crippen LogP contribution < -0.4 is 5.32 Å². The Kier molecular flexibility index (Phi) is 5.36. The molecule has 98 valence electrons. The standard InChI is InChI=1S/C14H19NO3/c1-4-12(5-2)15-13(16)10-6-8-11(9-7-10)14(17)18-3/h6-9,12H,4-5H2,1-3H3,(H,15,16). The van der Waals surface area contributed by atoms with Gasteiger partial charge in [0, 0.05) is 11.6 Å². The normalized spacial score (nSPS) is 10.2. The molecule has 4 heteroatoms. The van der Waals surface area contributed by atoms with Crippen LogP contribution in [0.25, 0.3) is 0 Å². The quantitative estimate of drug-likeness (QED) is 0.815. The van der Waals surface area contributed by atoms with Gasteiger partial charge < -0.3 is 10.1 Å². The number of ether oxygens (including phenoxy) is 1. The number of methoxy groups -OCH3 is 1. The molecule has 1 aromatic carbocycles. The Morgan fingerprint density at radius 3 is 2.06 bits per heavy atom. The molecule has 0 aliphatic heterocycles.